The first kappa shape index (κ1) is 24.8. The van der Waals surface area contributed by atoms with Crippen LogP contribution in [0.25, 0.3) is 11.2 Å². The summed E-state index contributed by atoms with van der Waals surface area (Å²) in [6.07, 6.45) is 2.60. The van der Waals surface area contributed by atoms with Crippen LogP contribution in [0.3, 0.4) is 0 Å². The Bertz CT molecular complexity index is 1240. The molecule has 0 bridgehead atoms. The molecule has 2 aromatic heterocycles. The molecule has 182 valence electrons. The average Bonchev–Trinajstić information content (AvgIpc) is 3.25. The molecule has 2 heterocycles. The molecule has 0 radical (unpaired) electrons. The number of hydrogen-bond acceptors (Lipinski definition) is 6. The molecule has 1 amide bonds. The quantitative estimate of drug-likeness (QED) is 0.224. The number of imidazole rings is 1. The van der Waals surface area contributed by atoms with Gasteiger partial charge in [0.15, 0.2) is 10.8 Å². The summed E-state index contributed by atoms with van der Waals surface area (Å²) in [6.45, 7) is 4.59. The summed E-state index contributed by atoms with van der Waals surface area (Å²) in [4.78, 5) is 21.7. The van der Waals surface area contributed by atoms with Crippen LogP contribution in [0.5, 0.6) is 5.75 Å². The first-order valence-electron chi connectivity index (χ1n) is 11.7. The molecule has 0 aliphatic heterocycles. The van der Waals surface area contributed by atoms with Gasteiger partial charge in [0.2, 0.25) is 0 Å². The Morgan fingerprint density at radius 1 is 1.06 bits per heavy atom. The molecule has 8 heteroatoms. The molecule has 0 aliphatic rings. The molecule has 4 rings (SSSR count). The van der Waals surface area contributed by atoms with Crippen LogP contribution in [0.1, 0.15) is 34.8 Å². The van der Waals surface area contributed by atoms with Gasteiger partial charge in [0.1, 0.15) is 11.3 Å². The van der Waals surface area contributed by atoms with Gasteiger partial charge in [-0.25, -0.2) is 9.97 Å². The van der Waals surface area contributed by atoms with Gasteiger partial charge in [0, 0.05) is 37.3 Å². The van der Waals surface area contributed by atoms with Gasteiger partial charge in [-0.15, -0.1) is 0 Å². The van der Waals surface area contributed by atoms with Crippen molar-refractivity contribution in [3.8, 4) is 5.75 Å². The number of amides is 1. The highest BCUT2D eigenvalue weighted by Crippen LogP contribution is 2.27. The highest BCUT2D eigenvalue weighted by molar-refractivity contribution is 7.98. The van der Waals surface area contributed by atoms with E-state index in [9.17, 15) is 4.79 Å². The minimum absolute atomic E-state index is 0.0620. The number of thioether (sulfide) groups is 1. The summed E-state index contributed by atoms with van der Waals surface area (Å²) in [5.74, 6) is 1.51. The maximum Gasteiger partial charge on any atom is 0.251 e. The number of hydrogen-bond donors (Lipinski definition) is 1. The lowest BCUT2D eigenvalue weighted by Crippen LogP contribution is -2.25. The van der Waals surface area contributed by atoms with Crippen molar-refractivity contribution in [2.45, 2.75) is 30.8 Å². The zero-order valence-electron chi connectivity index (χ0n) is 20.1. The summed E-state index contributed by atoms with van der Waals surface area (Å²) >= 11 is 1.66. The fourth-order valence-electron chi connectivity index (χ4n) is 3.63. The summed E-state index contributed by atoms with van der Waals surface area (Å²) in [7, 11) is 1.67. The predicted octanol–water partition coefficient (Wildman–Crippen LogP) is 4.94. The van der Waals surface area contributed by atoms with E-state index in [0.29, 0.717) is 31.9 Å². The van der Waals surface area contributed by atoms with Crippen LogP contribution in [0.2, 0.25) is 0 Å². The first-order chi connectivity index (χ1) is 17.2. The number of carbonyl (C=O) groups excluding carboxylic acids is 1. The Morgan fingerprint density at radius 3 is 2.57 bits per heavy atom. The molecule has 2 aromatic carbocycles. The third-order valence-electron chi connectivity index (χ3n) is 5.51. The van der Waals surface area contributed by atoms with Crippen molar-refractivity contribution in [2.24, 2.45) is 0 Å². The molecule has 0 saturated heterocycles. The molecule has 35 heavy (non-hydrogen) atoms. The third kappa shape index (κ3) is 6.61. The van der Waals surface area contributed by atoms with E-state index in [1.54, 1.807) is 25.1 Å². The largest absolute Gasteiger partial charge is 0.497 e. The normalized spacial score (nSPS) is 11.0. The Balaban J connectivity index is 1.41. The molecule has 0 aliphatic carbocycles. The monoisotopic (exact) mass is 490 g/mol. The van der Waals surface area contributed by atoms with Gasteiger partial charge in [-0.2, -0.15) is 0 Å². The lowest BCUT2D eigenvalue weighted by molar-refractivity contribution is 0.0944. The van der Waals surface area contributed by atoms with Crippen molar-refractivity contribution < 1.29 is 14.3 Å². The van der Waals surface area contributed by atoms with Gasteiger partial charge in [-0.05, 0) is 60.9 Å². The highest BCUT2D eigenvalue weighted by atomic mass is 32.2. The van der Waals surface area contributed by atoms with E-state index in [1.165, 1.54) is 0 Å². The Kier molecular flexibility index (Phi) is 8.75. The van der Waals surface area contributed by atoms with Crippen LogP contribution in [0, 0.1) is 0 Å². The van der Waals surface area contributed by atoms with Gasteiger partial charge in [0.05, 0.1) is 13.7 Å². The second-order valence-electron chi connectivity index (χ2n) is 7.97. The van der Waals surface area contributed by atoms with Crippen molar-refractivity contribution in [3.05, 3.63) is 83.6 Å². The second kappa shape index (κ2) is 12.4. The maximum absolute atomic E-state index is 12.3. The number of rotatable bonds is 12. The summed E-state index contributed by atoms with van der Waals surface area (Å²) in [5, 5.41) is 3.84. The number of carbonyl (C=O) groups is 1. The van der Waals surface area contributed by atoms with Crippen molar-refractivity contribution in [1.29, 1.82) is 0 Å². The van der Waals surface area contributed by atoms with Crippen LogP contribution in [-0.4, -0.2) is 47.3 Å². The lowest BCUT2D eigenvalue weighted by atomic mass is 10.1. The van der Waals surface area contributed by atoms with Gasteiger partial charge in [-0.3, -0.25) is 9.36 Å². The van der Waals surface area contributed by atoms with E-state index in [0.717, 1.165) is 45.4 Å². The predicted molar refractivity (Wildman–Crippen MR) is 139 cm³/mol. The lowest BCUT2D eigenvalue weighted by Gasteiger charge is -2.10. The topological polar surface area (TPSA) is 78.3 Å². The van der Waals surface area contributed by atoms with E-state index in [-0.39, 0.29) is 5.91 Å². The van der Waals surface area contributed by atoms with Crippen molar-refractivity contribution in [1.82, 2.24) is 19.9 Å². The molecule has 0 unspecified atom stereocenters. The first-order valence-corrected chi connectivity index (χ1v) is 12.7. The maximum atomic E-state index is 12.3. The number of fused-ring (bicyclic) bond motifs is 1. The van der Waals surface area contributed by atoms with Crippen LogP contribution in [-0.2, 0) is 17.0 Å². The second-order valence-corrected chi connectivity index (χ2v) is 8.91. The highest BCUT2D eigenvalue weighted by Gasteiger charge is 2.13. The van der Waals surface area contributed by atoms with Crippen molar-refractivity contribution in [2.75, 3.05) is 26.9 Å². The van der Waals surface area contributed by atoms with E-state index < -0.39 is 0 Å². The molecule has 4 aromatic rings. The number of ether oxygens (including phenoxy) is 2. The van der Waals surface area contributed by atoms with Gasteiger partial charge >= 0.3 is 0 Å². The summed E-state index contributed by atoms with van der Waals surface area (Å²) < 4.78 is 12.7. The van der Waals surface area contributed by atoms with Crippen LogP contribution < -0.4 is 10.1 Å². The van der Waals surface area contributed by atoms with Gasteiger partial charge < -0.3 is 14.8 Å². The molecule has 0 saturated carbocycles. The number of pyridine rings is 1. The van der Waals surface area contributed by atoms with Crippen LogP contribution in [0.15, 0.2) is 72.0 Å². The zero-order valence-corrected chi connectivity index (χ0v) is 20.9. The fraction of sp³-hybridized carbons (Fsp3) is 0.296. The van der Waals surface area contributed by atoms with Crippen molar-refractivity contribution >= 4 is 28.8 Å². The Labute approximate surface area is 209 Å². The zero-order chi connectivity index (χ0) is 24.5. The third-order valence-corrected chi connectivity index (χ3v) is 6.56. The summed E-state index contributed by atoms with van der Waals surface area (Å²) in [6, 6.07) is 19.7. The van der Waals surface area contributed by atoms with Crippen LogP contribution in [0.4, 0.5) is 0 Å². The Hall–Kier alpha value is -3.36. The Morgan fingerprint density at radius 2 is 1.83 bits per heavy atom. The summed E-state index contributed by atoms with van der Waals surface area (Å²) in [5.41, 5.74) is 4.67. The van der Waals surface area contributed by atoms with E-state index in [4.69, 9.17) is 14.5 Å². The smallest absolute Gasteiger partial charge is 0.251 e. The standard InChI is InChI=1S/C27H30N4O3S/c1-3-34-17-5-16-29-26(32)22-11-7-21(8-12-22)19-35-27-30-24-6-4-15-28-25(24)31(27)18-20-9-13-23(33-2)14-10-20/h4,6-15H,3,5,16-19H2,1-2H3,(H,29,32). The molecule has 7 nitrogen and oxygen atoms in total. The number of methoxy groups -OCH3 is 1. The van der Waals surface area contributed by atoms with E-state index in [1.807, 2.05) is 55.5 Å². The average molecular weight is 491 g/mol. The van der Waals surface area contributed by atoms with Gasteiger partial charge in [0.25, 0.3) is 5.91 Å². The number of benzene rings is 2. The molecule has 1 N–H and O–H groups in total. The van der Waals surface area contributed by atoms with Crippen molar-refractivity contribution in [3.63, 3.8) is 0 Å². The number of nitrogens with zero attached hydrogens (tertiary/aromatic N) is 3. The molecule has 0 spiro atoms. The number of aromatic nitrogens is 3. The van der Waals surface area contributed by atoms with Gasteiger partial charge in [-0.1, -0.05) is 36.0 Å². The van der Waals surface area contributed by atoms with E-state index >= 15 is 0 Å². The minimum atomic E-state index is -0.0620. The molecular weight excluding hydrogens is 460 g/mol. The fourth-order valence-corrected chi connectivity index (χ4v) is 4.58. The molecular formula is C27H30N4O3S. The van der Waals surface area contributed by atoms with Crippen LogP contribution >= 0.6 is 11.8 Å². The number of nitrogens with one attached hydrogen (secondary N) is 1. The van der Waals surface area contributed by atoms with E-state index in [2.05, 4.69) is 27.0 Å². The minimum Gasteiger partial charge on any atom is -0.497 e. The molecule has 0 fully saturated rings. The molecule has 0 atom stereocenters. The SMILES string of the molecule is CCOCCCNC(=O)c1ccc(CSc2nc3cccnc3n2Cc2ccc(OC)cc2)cc1.